The van der Waals surface area contributed by atoms with Gasteiger partial charge in [0.2, 0.25) is 11.8 Å². The Bertz CT molecular complexity index is 1450. The fraction of sp³-hybridized carbons (Fsp3) is 0.310. The van der Waals surface area contributed by atoms with Crippen LogP contribution in [0.4, 0.5) is 5.69 Å². The van der Waals surface area contributed by atoms with E-state index in [-0.39, 0.29) is 28.1 Å². The van der Waals surface area contributed by atoms with E-state index >= 15 is 0 Å². The van der Waals surface area contributed by atoms with Crippen LogP contribution in [-0.2, 0) is 26.2 Å². The third kappa shape index (κ3) is 7.69. The molecule has 0 radical (unpaired) electrons. The van der Waals surface area contributed by atoms with Gasteiger partial charge < -0.3 is 10.2 Å². The van der Waals surface area contributed by atoms with Crippen LogP contribution >= 0.6 is 34.8 Å². The smallest absolute Gasteiger partial charge is 0.264 e. The number of para-hydroxylation sites is 1. The molecule has 7 nitrogen and oxygen atoms in total. The lowest BCUT2D eigenvalue weighted by atomic mass is 10.1. The Morgan fingerprint density at radius 1 is 0.900 bits per heavy atom. The van der Waals surface area contributed by atoms with Crippen LogP contribution in [-0.4, -0.2) is 44.3 Å². The number of hydrogen-bond donors (Lipinski definition) is 1. The lowest BCUT2D eigenvalue weighted by Gasteiger charge is -2.33. The zero-order chi connectivity index (χ0) is 29.4. The molecule has 214 valence electrons. The van der Waals surface area contributed by atoms with Crippen molar-refractivity contribution >= 4 is 62.3 Å². The van der Waals surface area contributed by atoms with Gasteiger partial charge in [0.15, 0.2) is 0 Å². The summed E-state index contributed by atoms with van der Waals surface area (Å²) in [4.78, 5) is 28.6. The molecule has 0 aliphatic carbocycles. The summed E-state index contributed by atoms with van der Waals surface area (Å²) in [7, 11) is -4.21. The number of amides is 2. The molecule has 11 heteroatoms. The van der Waals surface area contributed by atoms with Crippen LogP contribution in [0.3, 0.4) is 0 Å². The second-order valence-corrected chi connectivity index (χ2v) is 12.3. The summed E-state index contributed by atoms with van der Waals surface area (Å²) in [5, 5.41) is 3.66. The van der Waals surface area contributed by atoms with E-state index in [1.54, 1.807) is 55.5 Å². The predicted octanol–water partition coefficient (Wildman–Crippen LogP) is 6.48. The van der Waals surface area contributed by atoms with Crippen LogP contribution in [0, 0.1) is 6.92 Å². The summed E-state index contributed by atoms with van der Waals surface area (Å²) in [5.41, 5.74) is 1.67. The molecule has 2 amide bonds. The fourth-order valence-corrected chi connectivity index (χ4v) is 6.17. The lowest BCUT2D eigenvalue weighted by Crippen LogP contribution is -2.52. The van der Waals surface area contributed by atoms with Gasteiger partial charge in [0.1, 0.15) is 12.6 Å². The molecule has 0 heterocycles. The van der Waals surface area contributed by atoms with Gasteiger partial charge in [-0.25, -0.2) is 8.42 Å². The maximum Gasteiger partial charge on any atom is 0.264 e. The van der Waals surface area contributed by atoms with E-state index in [1.165, 1.54) is 23.1 Å². The van der Waals surface area contributed by atoms with Gasteiger partial charge in [-0.05, 0) is 61.7 Å². The van der Waals surface area contributed by atoms with Crippen LogP contribution in [0.15, 0.2) is 71.6 Å². The monoisotopic (exact) mass is 623 g/mol. The van der Waals surface area contributed by atoms with Crippen molar-refractivity contribution < 1.29 is 18.0 Å². The largest absolute Gasteiger partial charge is 0.354 e. The third-order valence-electron chi connectivity index (χ3n) is 6.28. The number of nitrogens with one attached hydrogen (secondary N) is 1. The Kier molecular flexibility index (Phi) is 11.3. The zero-order valence-corrected chi connectivity index (χ0v) is 25.6. The average molecular weight is 625 g/mol. The highest BCUT2D eigenvalue weighted by Crippen LogP contribution is 2.31. The van der Waals surface area contributed by atoms with Gasteiger partial charge >= 0.3 is 0 Å². The molecule has 0 spiro atoms. The predicted molar refractivity (Wildman–Crippen MR) is 162 cm³/mol. The summed E-state index contributed by atoms with van der Waals surface area (Å²) in [6.07, 6.45) is 1.03. The minimum absolute atomic E-state index is 0.00865. The van der Waals surface area contributed by atoms with Crippen molar-refractivity contribution in [2.24, 2.45) is 0 Å². The maximum atomic E-state index is 14.0. The van der Waals surface area contributed by atoms with Gasteiger partial charge in [0.05, 0.1) is 25.7 Å². The van der Waals surface area contributed by atoms with Gasteiger partial charge in [-0.1, -0.05) is 84.5 Å². The van der Waals surface area contributed by atoms with Crippen molar-refractivity contribution in [3.63, 3.8) is 0 Å². The molecule has 3 aromatic carbocycles. The van der Waals surface area contributed by atoms with Crippen molar-refractivity contribution in [2.75, 3.05) is 17.4 Å². The van der Waals surface area contributed by atoms with Crippen LogP contribution < -0.4 is 9.62 Å². The van der Waals surface area contributed by atoms with E-state index in [2.05, 4.69) is 5.32 Å². The molecule has 1 N–H and O–H groups in total. The highest BCUT2D eigenvalue weighted by atomic mass is 35.5. The lowest BCUT2D eigenvalue weighted by molar-refractivity contribution is -0.140. The third-order valence-corrected chi connectivity index (χ3v) is 9.11. The highest BCUT2D eigenvalue weighted by molar-refractivity contribution is 7.92. The van der Waals surface area contributed by atoms with Crippen molar-refractivity contribution in [3.8, 4) is 0 Å². The SMILES string of the molecule is CCCNC(=O)C(CC)N(Cc1ccc(Cl)c(Cl)c1)C(=O)CN(c1ccccc1Cl)S(=O)(=O)c1ccc(C)cc1. The van der Waals surface area contributed by atoms with Crippen LogP contribution in [0.1, 0.15) is 37.8 Å². The second-order valence-electron chi connectivity index (χ2n) is 9.26. The Labute approximate surface area is 251 Å². The van der Waals surface area contributed by atoms with Gasteiger partial charge in [0, 0.05) is 13.1 Å². The molecule has 0 bridgehead atoms. The number of halogens is 3. The normalized spacial score (nSPS) is 12.1. The Morgan fingerprint density at radius 3 is 2.17 bits per heavy atom. The standard InChI is InChI=1S/C29H32Cl3N3O4S/c1-4-16-33-29(37)26(5-2)34(18-21-12-15-23(30)25(32)17-21)28(36)19-35(27-9-7-6-8-24(27)31)40(38,39)22-13-10-20(3)11-14-22/h6-15,17,26H,4-5,16,18-19H2,1-3H3,(H,33,37). The number of anilines is 1. The van der Waals surface area contributed by atoms with Crippen LogP contribution in [0.5, 0.6) is 0 Å². The summed E-state index contributed by atoms with van der Waals surface area (Å²) < 4.78 is 28.8. The summed E-state index contributed by atoms with van der Waals surface area (Å²) in [6.45, 7) is 5.43. The molecular formula is C29H32Cl3N3O4S. The second kappa shape index (κ2) is 14.2. The van der Waals surface area contributed by atoms with E-state index in [0.29, 0.717) is 28.6 Å². The first-order valence-corrected chi connectivity index (χ1v) is 15.4. The average Bonchev–Trinajstić information content (AvgIpc) is 2.93. The molecule has 1 unspecified atom stereocenters. The van der Waals surface area contributed by atoms with Crippen molar-refractivity contribution in [2.45, 2.75) is 51.1 Å². The number of carbonyl (C=O) groups excluding carboxylic acids is 2. The minimum atomic E-state index is -4.21. The molecule has 0 saturated carbocycles. The molecule has 0 aliphatic heterocycles. The van der Waals surface area contributed by atoms with Crippen molar-refractivity contribution in [1.29, 1.82) is 0 Å². The molecule has 0 aromatic heterocycles. The van der Waals surface area contributed by atoms with E-state index in [9.17, 15) is 18.0 Å². The molecule has 3 rings (SSSR count). The number of rotatable bonds is 12. The molecule has 1 atom stereocenters. The summed E-state index contributed by atoms with van der Waals surface area (Å²) in [6, 6.07) is 16.8. The van der Waals surface area contributed by atoms with Gasteiger partial charge in [0.25, 0.3) is 10.0 Å². The first-order valence-electron chi connectivity index (χ1n) is 12.8. The fourth-order valence-electron chi connectivity index (χ4n) is 4.12. The van der Waals surface area contributed by atoms with Gasteiger partial charge in [-0.2, -0.15) is 0 Å². The zero-order valence-electron chi connectivity index (χ0n) is 22.5. The summed E-state index contributed by atoms with van der Waals surface area (Å²) >= 11 is 18.7. The van der Waals surface area contributed by atoms with Gasteiger partial charge in [-0.3, -0.25) is 13.9 Å². The number of benzene rings is 3. The molecule has 0 fully saturated rings. The topological polar surface area (TPSA) is 86.8 Å². The van der Waals surface area contributed by atoms with E-state index in [0.717, 1.165) is 16.3 Å². The molecule has 0 saturated heterocycles. The van der Waals surface area contributed by atoms with E-state index < -0.39 is 28.5 Å². The Balaban J connectivity index is 2.07. The highest BCUT2D eigenvalue weighted by Gasteiger charge is 2.34. The first kappa shape index (κ1) is 31.7. The number of sulfonamides is 1. The minimum Gasteiger partial charge on any atom is -0.354 e. The van der Waals surface area contributed by atoms with Crippen molar-refractivity contribution in [1.82, 2.24) is 10.2 Å². The Hall–Kier alpha value is -2.78. The number of carbonyl (C=O) groups is 2. The van der Waals surface area contributed by atoms with Crippen LogP contribution in [0.25, 0.3) is 0 Å². The quantitative estimate of drug-likeness (QED) is 0.250. The van der Waals surface area contributed by atoms with Crippen molar-refractivity contribution in [3.05, 3.63) is 92.9 Å². The van der Waals surface area contributed by atoms with Crippen LogP contribution in [0.2, 0.25) is 15.1 Å². The molecule has 40 heavy (non-hydrogen) atoms. The Morgan fingerprint density at radius 2 is 1.57 bits per heavy atom. The number of aryl methyl sites for hydroxylation is 1. The first-order chi connectivity index (χ1) is 19.0. The molecular weight excluding hydrogens is 593 g/mol. The summed E-state index contributed by atoms with van der Waals surface area (Å²) in [5.74, 6) is -0.913. The van der Waals surface area contributed by atoms with E-state index in [4.69, 9.17) is 34.8 Å². The number of hydrogen-bond acceptors (Lipinski definition) is 4. The van der Waals surface area contributed by atoms with E-state index in [1.807, 2.05) is 13.8 Å². The number of nitrogens with zero attached hydrogens (tertiary/aromatic N) is 2. The molecule has 3 aromatic rings. The maximum absolute atomic E-state index is 14.0. The van der Waals surface area contributed by atoms with Gasteiger partial charge in [-0.15, -0.1) is 0 Å². The molecule has 0 aliphatic rings.